The molecule has 0 bridgehead atoms. The number of rotatable bonds is 0. The molecule has 0 spiro atoms. The van der Waals surface area contributed by atoms with Crippen molar-refractivity contribution in [1.29, 1.82) is 0 Å². The van der Waals surface area contributed by atoms with Gasteiger partial charge in [-0.2, -0.15) is 0 Å². The molecule has 12 heavy (non-hydrogen) atoms. The van der Waals surface area contributed by atoms with Crippen molar-refractivity contribution in [3.05, 3.63) is 34.9 Å². The molecule has 0 amide bonds. The van der Waals surface area contributed by atoms with E-state index in [1.165, 1.54) is 11.1 Å². The zero-order chi connectivity index (χ0) is 8.55. The molecule has 0 fully saturated rings. The number of hydrogen-bond acceptors (Lipinski definition) is 1. The van der Waals surface area contributed by atoms with Gasteiger partial charge in [-0.3, -0.25) is 0 Å². The lowest BCUT2D eigenvalue weighted by Gasteiger charge is -2.11. The van der Waals surface area contributed by atoms with Gasteiger partial charge in [0.1, 0.15) is 5.75 Å². The van der Waals surface area contributed by atoms with Gasteiger partial charge in [0.05, 0.1) is 0 Å². The molecule has 1 nitrogen and oxygen atoms in total. The minimum atomic E-state index is 0.403. The van der Waals surface area contributed by atoms with E-state index >= 15 is 0 Å². The van der Waals surface area contributed by atoms with E-state index in [-0.39, 0.29) is 0 Å². The van der Waals surface area contributed by atoms with Crippen molar-refractivity contribution in [3.8, 4) is 5.75 Å². The minimum Gasteiger partial charge on any atom is -0.508 e. The summed E-state index contributed by atoms with van der Waals surface area (Å²) in [6.45, 7) is 1.94. The Morgan fingerprint density at radius 2 is 2.17 bits per heavy atom. The highest BCUT2D eigenvalue weighted by Gasteiger charge is 2.06. The standard InChI is InChI=1S/C11H12O/c1-8-6-9-4-2-3-5-10(9)7-11(8)12/h3,5-7,12H,2,4H2,1H3. The third kappa shape index (κ3) is 1.11. The molecule has 0 heterocycles. The Morgan fingerprint density at radius 1 is 1.33 bits per heavy atom. The van der Waals surface area contributed by atoms with Gasteiger partial charge < -0.3 is 5.11 Å². The number of hydrogen-bond donors (Lipinski definition) is 1. The molecule has 0 saturated carbocycles. The molecule has 0 radical (unpaired) electrons. The fourth-order valence-corrected chi connectivity index (χ4v) is 1.59. The Morgan fingerprint density at radius 3 is 3.00 bits per heavy atom. The summed E-state index contributed by atoms with van der Waals surface area (Å²) in [5.41, 5.74) is 3.50. The average Bonchev–Trinajstić information content (AvgIpc) is 2.07. The van der Waals surface area contributed by atoms with Crippen LogP contribution in [0.2, 0.25) is 0 Å². The molecule has 62 valence electrons. The number of allylic oxidation sites excluding steroid dienone is 1. The van der Waals surface area contributed by atoms with E-state index in [0.29, 0.717) is 5.75 Å². The van der Waals surface area contributed by atoms with Crippen molar-refractivity contribution in [1.82, 2.24) is 0 Å². The maximum Gasteiger partial charge on any atom is 0.119 e. The van der Waals surface area contributed by atoms with Crippen molar-refractivity contribution in [2.45, 2.75) is 19.8 Å². The van der Waals surface area contributed by atoms with E-state index in [1.807, 2.05) is 13.0 Å². The van der Waals surface area contributed by atoms with Crippen LogP contribution in [0.25, 0.3) is 6.08 Å². The lowest BCUT2D eigenvalue weighted by Crippen LogP contribution is -1.94. The molecule has 0 aliphatic heterocycles. The maximum atomic E-state index is 9.44. The van der Waals surface area contributed by atoms with Crippen molar-refractivity contribution in [2.24, 2.45) is 0 Å². The molecule has 0 saturated heterocycles. The van der Waals surface area contributed by atoms with Crippen LogP contribution in [0.3, 0.4) is 0 Å². The van der Waals surface area contributed by atoms with Crippen LogP contribution in [-0.4, -0.2) is 5.11 Å². The van der Waals surface area contributed by atoms with Crippen molar-refractivity contribution >= 4 is 6.08 Å². The van der Waals surface area contributed by atoms with Gasteiger partial charge in [-0.1, -0.05) is 18.2 Å². The summed E-state index contributed by atoms with van der Waals surface area (Å²) in [5.74, 6) is 0.403. The molecule has 1 aromatic rings. The van der Waals surface area contributed by atoms with Crippen LogP contribution in [-0.2, 0) is 6.42 Å². The normalized spacial score (nSPS) is 14.4. The van der Waals surface area contributed by atoms with Crippen LogP contribution in [0.1, 0.15) is 23.1 Å². The van der Waals surface area contributed by atoms with Gasteiger partial charge in [-0.15, -0.1) is 0 Å². The molecule has 0 atom stereocenters. The molecule has 1 aromatic carbocycles. The zero-order valence-corrected chi connectivity index (χ0v) is 7.17. The second-order valence-corrected chi connectivity index (χ2v) is 3.28. The van der Waals surface area contributed by atoms with E-state index in [4.69, 9.17) is 0 Å². The second kappa shape index (κ2) is 2.67. The Hall–Kier alpha value is -1.24. The topological polar surface area (TPSA) is 20.2 Å². The number of aryl methyl sites for hydroxylation is 2. The molecule has 0 aromatic heterocycles. The molecule has 1 heteroatoms. The lowest BCUT2D eigenvalue weighted by molar-refractivity contribution is 0.470. The van der Waals surface area contributed by atoms with E-state index in [2.05, 4.69) is 18.2 Å². The average molecular weight is 160 g/mol. The monoisotopic (exact) mass is 160 g/mol. The number of benzene rings is 1. The summed E-state index contributed by atoms with van der Waals surface area (Å²) in [6.07, 6.45) is 6.46. The Bertz CT molecular complexity index is 337. The predicted molar refractivity (Wildman–Crippen MR) is 50.2 cm³/mol. The van der Waals surface area contributed by atoms with Gasteiger partial charge in [-0.25, -0.2) is 0 Å². The van der Waals surface area contributed by atoms with Gasteiger partial charge in [-0.05, 0) is 42.5 Å². The summed E-state index contributed by atoms with van der Waals surface area (Å²) < 4.78 is 0. The molecular weight excluding hydrogens is 148 g/mol. The van der Waals surface area contributed by atoms with Gasteiger partial charge in [0.2, 0.25) is 0 Å². The van der Waals surface area contributed by atoms with E-state index < -0.39 is 0 Å². The Kier molecular flexibility index (Phi) is 1.65. The first kappa shape index (κ1) is 7.41. The Labute approximate surface area is 72.4 Å². The van der Waals surface area contributed by atoms with Gasteiger partial charge in [0.15, 0.2) is 0 Å². The highest BCUT2D eigenvalue weighted by atomic mass is 16.3. The first-order valence-electron chi connectivity index (χ1n) is 4.26. The van der Waals surface area contributed by atoms with Gasteiger partial charge in [0, 0.05) is 0 Å². The largest absolute Gasteiger partial charge is 0.508 e. The third-order valence-corrected chi connectivity index (χ3v) is 2.34. The number of phenols is 1. The van der Waals surface area contributed by atoms with E-state index in [9.17, 15) is 5.11 Å². The smallest absolute Gasteiger partial charge is 0.119 e. The number of phenolic OH excluding ortho intramolecular Hbond substituents is 1. The van der Waals surface area contributed by atoms with Crippen LogP contribution in [0, 0.1) is 6.92 Å². The van der Waals surface area contributed by atoms with Crippen molar-refractivity contribution in [3.63, 3.8) is 0 Å². The summed E-state index contributed by atoms with van der Waals surface area (Å²) in [7, 11) is 0. The number of fused-ring (bicyclic) bond motifs is 1. The fourth-order valence-electron chi connectivity index (χ4n) is 1.59. The Balaban J connectivity index is 2.58. The zero-order valence-electron chi connectivity index (χ0n) is 7.17. The molecule has 2 rings (SSSR count). The second-order valence-electron chi connectivity index (χ2n) is 3.28. The maximum absolute atomic E-state index is 9.44. The molecule has 1 aliphatic carbocycles. The molecule has 1 aliphatic rings. The summed E-state index contributed by atoms with van der Waals surface area (Å²) >= 11 is 0. The van der Waals surface area contributed by atoms with Gasteiger partial charge in [0.25, 0.3) is 0 Å². The van der Waals surface area contributed by atoms with Crippen LogP contribution in [0.5, 0.6) is 5.75 Å². The summed E-state index contributed by atoms with van der Waals surface area (Å²) in [6, 6.07) is 3.93. The summed E-state index contributed by atoms with van der Waals surface area (Å²) in [5, 5.41) is 9.44. The SMILES string of the molecule is Cc1cc2c(cc1O)C=CCC2. The van der Waals surface area contributed by atoms with Crippen molar-refractivity contribution < 1.29 is 5.11 Å². The number of aromatic hydroxyl groups is 1. The van der Waals surface area contributed by atoms with Gasteiger partial charge >= 0.3 is 0 Å². The van der Waals surface area contributed by atoms with E-state index in [0.717, 1.165) is 18.4 Å². The molecule has 1 N–H and O–H groups in total. The summed E-state index contributed by atoms with van der Waals surface area (Å²) in [4.78, 5) is 0. The quantitative estimate of drug-likeness (QED) is 0.618. The highest BCUT2D eigenvalue weighted by Crippen LogP contribution is 2.26. The highest BCUT2D eigenvalue weighted by molar-refractivity contribution is 5.59. The van der Waals surface area contributed by atoms with Crippen LogP contribution >= 0.6 is 0 Å². The van der Waals surface area contributed by atoms with Crippen LogP contribution < -0.4 is 0 Å². The minimum absolute atomic E-state index is 0.403. The third-order valence-electron chi connectivity index (χ3n) is 2.34. The lowest BCUT2D eigenvalue weighted by atomic mass is 9.95. The predicted octanol–water partition coefficient (Wildman–Crippen LogP) is 2.66. The molecule has 0 unspecified atom stereocenters. The fraction of sp³-hybridized carbons (Fsp3) is 0.273. The van der Waals surface area contributed by atoms with Crippen LogP contribution in [0.15, 0.2) is 18.2 Å². The van der Waals surface area contributed by atoms with Crippen molar-refractivity contribution in [2.75, 3.05) is 0 Å². The van der Waals surface area contributed by atoms with Crippen LogP contribution in [0.4, 0.5) is 0 Å². The molecular formula is C11H12O. The van der Waals surface area contributed by atoms with E-state index in [1.54, 1.807) is 0 Å². The first-order valence-corrected chi connectivity index (χ1v) is 4.26. The first-order chi connectivity index (χ1) is 5.77.